The summed E-state index contributed by atoms with van der Waals surface area (Å²) in [6.45, 7) is 1.41. The maximum atomic E-state index is 12.0. The number of aromatic amines is 1. The monoisotopic (exact) mass is 288 g/mol. The van der Waals surface area contributed by atoms with Gasteiger partial charge in [0.15, 0.2) is 5.96 Å². The Labute approximate surface area is 122 Å². The van der Waals surface area contributed by atoms with Crippen molar-refractivity contribution in [3.8, 4) is 0 Å². The van der Waals surface area contributed by atoms with Gasteiger partial charge < -0.3 is 27.1 Å². The van der Waals surface area contributed by atoms with Crippen LogP contribution in [0.15, 0.2) is 29.3 Å². The number of benzene rings is 1. The predicted octanol–water partition coefficient (Wildman–Crippen LogP) is 0.603. The van der Waals surface area contributed by atoms with Gasteiger partial charge in [0, 0.05) is 19.0 Å². The highest BCUT2D eigenvalue weighted by atomic mass is 16.1. The number of nitrogens with two attached hydrogens (primary N) is 2. The Kier molecular flexibility index (Phi) is 4.78. The highest BCUT2D eigenvalue weighted by molar-refractivity contribution is 6.05. The molecule has 0 spiro atoms. The second kappa shape index (κ2) is 6.76. The van der Waals surface area contributed by atoms with Crippen LogP contribution in [-0.4, -0.2) is 37.0 Å². The maximum absolute atomic E-state index is 12.0. The number of guanidine groups is 1. The number of rotatable bonds is 5. The van der Waals surface area contributed by atoms with Crippen LogP contribution in [-0.2, 0) is 0 Å². The summed E-state index contributed by atoms with van der Waals surface area (Å²) in [6.07, 6.45) is 0.881. The zero-order valence-corrected chi connectivity index (χ0v) is 11.9. The van der Waals surface area contributed by atoms with Gasteiger partial charge >= 0.3 is 0 Å². The molecule has 0 bridgehead atoms. The Morgan fingerprint density at radius 1 is 1.43 bits per heavy atom. The molecule has 0 saturated carbocycles. The van der Waals surface area contributed by atoms with Crippen LogP contribution in [0, 0.1) is 0 Å². The first kappa shape index (κ1) is 14.9. The van der Waals surface area contributed by atoms with Crippen LogP contribution >= 0.6 is 0 Å². The number of H-pyrrole nitrogens is 1. The molecule has 112 valence electrons. The Morgan fingerprint density at radius 3 is 2.95 bits per heavy atom. The molecule has 21 heavy (non-hydrogen) atoms. The van der Waals surface area contributed by atoms with Crippen LogP contribution in [0.1, 0.15) is 16.9 Å². The molecule has 7 N–H and O–H groups in total. The van der Waals surface area contributed by atoms with E-state index >= 15 is 0 Å². The van der Waals surface area contributed by atoms with Gasteiger partial charge in [-0.1, -0.05) is 12.1 Å². The molecule has 0 aliphatic rings. The van der Waals surface area contributed by atoms with Crippen molar-refractivity contribution in [3.63, 3.8) is 0 Å². The summed E-state index contributed by atoms with van der Waals surface area (Å²) in [7, 11) is 1.61. The fraction of sp³-hybridized carbons (Fsp3) is 0.286. The van der Waals surface area contributed by atoms with Crippen molar-refractivity contribution >= 4 is 28.5 Å². The van der Waals surface area contributed by atoms with E-state index in [0.29, 0.717) is 12.2 Å². The molecule has 0 unspecified atom stereocenters. The van der Waals surface area contributed by atoms with Crippen LogP contribution in [0.2, 0.25) is 0 Å². The molecule has 2 aromatic rings. The van der Waals surface area contributed by atoms with Crippen molar-refractivity contribution in [1.82, 2.24) is 10.3 Å². The number of para-hydroxylation sites is 1. The minimum Gasteiger partial charge on any atom is -0.383 e. The van der Waals surface area contributed by atoms with Crippen molar-refractivity contribution in [3.05, 3.63) is 30.0 Å². The van der Waals surface area contributed by atoms with Crippen LogP contribution in [0.4, 0.5) is 5.69 Å². The largest absolute Gasteiger partial charge is 0.383 e. The van der Waals surface area contributed by atoms with Crippen molar-refractivity contribution in [2.75, 3.05) is 25.5 Å². The van der Waals surface area contributed by atoms with Gasteiger partial charge in [0.05, 0.1) is 11.2 Å². The average molecular weight is 288 g/mol. The Bertz CT molecular complexity index is 661. The van der Waals surface area contributed by atoms with Gasteiger partial charge in [0.2, 0.25) is 0 Å². The molecule has 0 aliphatic heterocycles. The first-order chi connectivity index (χ1) is 10.2. The Hall–Kier alpha value is -2.54. The number of carbonyl (C=O) groups excluding carboxylic acids is 1. The van der Waals surface area contributed by atoms with E-state index in [1.165, 1.54) is 0 Å². The molecule has 1 aromatic carbocycles. The molecular formula is C14H20N6O. The summed E-state index contributed by atoms with van der Waals surface area (Å²) in [5.41, 5.74) is 13.2. The van der Waals surface area contributed by atoms with Gasteiger partial charge in [-0.2, -0.15) is 4.99 Å². The van der Waals surface area contributed by atoms with Crippen LogP contribution in [0.5, 0.6) is 0 Å². The van der Waals surface area contributed by atoms with Crippen molar-refractivity contribution in [2.24, 2.45) is 16.5 Å². The normalized spacial score (nSPS) is 11.6. The maximum Gasteiger partial charge on any atom is 0.296 e. The number of nitrogens with one attached hydrogen (secondary N) is 3. The van der Waals surface area contributed by atoms with Gasteiger partial charge in [0.1, 0.15) is 5.69 Å². The molecule has 0 saturated heterocycles. The lowest BCUT2D eigenvalue weighted by Crippen LogP contribution is -2.28. The van der Waals surface area contributed by atoms with Crippen molar-refractivity contribution in [1.29, 1.82) is 0 Å². The van der Waals surface area contributed by atoms with Crippen molar-refractivity contribution in [2.45, 2.75) is 6.42 Å². The SMILES string of the molecule is CNC(N)=NC(=O)c1cc2cccc(NCCCN)c2[nH]1. The second-order valence-corrected chi connectivity index (χ2v) is 4.57. The summed E-state index contributed by atoms with van der Waals surface area (Å²) in [5, 5.41) is 6.85. The fourth-order valence-corrected chi connectivity index (χ4v) is 1.97. The number of hydrogen-bond acceptors (Lipinski definition) is 3. The fourth-order valence-electron chi connectivity index (χ4n) is 1.97. The zero-order chi connectivity index (χ0) is 15.2. The molecule has 1 heterocycles. The third-order valence-electron chi connectivity index (χ3n) is 3.06. The van der Waals surface area contributed by atoms with Crippen LogP contribution < -0.4 is 22.1 Å². The molecule has 0 aliphatic carbocycles. The zero-order valence-electron chi connectivity index (χ0n) is 11.9. The number of nitrogens with zero attached hydrogens (tertiary/aromatic N) is 1. The van der Waals surface area contributed by atoms with Gasteiger partial charge in [-0.15, -0.1) is 0 Å². The molecular weight excluding hydrogens is 268 g/mol. The number of anilines is 1. The van der Waals surface area contributed by atoms with Gasteiger partial charge in [-0.05, 0) is 25.1 Å². The minimum absolute atomic E-state index is 0.0833. The number of hydrogen-bond donors (Lipinski definition) is 5. The molecule has 0 radical (unpaired) electrons. The first-order valence-electron chi connectivity index (χ1n) is 6.77. The second-order valence-electron chi connectivity index (χ2n) is 4.57. The van der Waals surface area contributed by atoms with E-state index in [4.69, 9.17) is 11.5 Å². The lowest BCUT2D eigenvalue weighted by molar-refractivity contribution is 0.0998. The third kappa shape index (κ3) is 3.51. The van der Waals surface area contributed by atoms with E-state index in [9.17, 15) is 4.79 Å². The summed E-state index contributed by atoms with van der Waals surface area (Å²) in [6, 6.07) is 7.58. The van der Waals surface area contributed by atoms with Crippen molar-refractivity contribution < 1.29 is 4.79 Å². The Morgan fingerprint density at radius 2 is 2.24 bits per heavy atom. The van der Waals surface area contributed by atoms with Crippen LogP contribution in [0.3, 0.4) is 0 Å². The average Bonchev–Trinajstić information content (AvgIpc) is 2.92. The van der Waals surface area contributed by atoms with E-state index < -0.39 is 5.91 Å². The molecule has 7 nitrogen and oxygen atoms in total. The van der Waals surface area contributed by atoms with Gasteiger partial charge in [-0.25, -0.2) is 0 Å². The van der Waals surface area contributed by atoms with Gasteiger partial charge in [-0.3, -0.25) is 4.79 Å². The molecule has 2 rings (SSSR count). The quantitative estimate of drug-likeness (QED) is 0.313. The summed E-state index contributed by atoms with van der Waals surface area (Å²) in [4.78, 5) is 18.8. The van der Waals surface area contributed by atoms with E-state index in [1.807, 2.05) is 18.2 Å². The highest BCUT2D eigenvalue weighted by Crippen LogP contribution is 2.24. The molecule has 1 amide bonds. The number of aliphatic imine (C=N–C) groups is 1. The van der Waals surface area contributed by atoms with Gasteiger partial charge in [0.25, 0.3) is 5.91 Å². The lowest BCUT2D eigenvalue weighted by atomic mass is 10.2. The predicted molar refractivity (Wildman–Crippen MR) is 85.5 cm³/mol. The number of aromatic nitrogens is 1. The van der Waals surface area contributed by atoms with E-state index in [0.717, 1.165) is 29.6 Å². The summed E-state index contributed by atoms with van der Waals surface area (Å²) in [5.74, 6) is -0.328. The topological polar surface area (TPSA) is 121 Å². The standard InChI is InChI=1S/C14H20N6O/c1-17-14(16)20-13(21)11-8-9-4-2-5-10(12(9)19-11)18-7-3-6-15/h2,4-5,8,18-19H,3,6-7,15H2,1H3,(H3,16,17,20,21). The number of amides is 1. The van der Waals surface area contributed by atoms with E-state index in [-0.39, 0.29) is 5.96 Å². The molecule has 0 fully saturated rings. The van der Waals surface area contributed by atoms with Crippen LogP contribution in [0.25, 0.3) is 10.9 Å². The molecule has 1 aromatic heterocycles. The smallest absolute Gasteiger partial charge is 0.296 e. The summed E-state index contributed by atoms with van der Waals surface area (Å²) >= 11 is 0. The van der Waals surface area contributed by atoms with E-state index in [2.05, 4.69) is 20.6 Å². The number of carbonyl (C=O) groups is 1. The third-order valence-corrected chi connectivity index (χ3v) is 3.06. The molecule has 7 heteroatoms. The minimum atomic E-state index is -0.411. The highest BCUT2D eigenvalue weighted by Gasteiger charge is 2.11. The first-order valence-corrected chi connectivity index (χ1v) is 6.77. The Balaban J connectivity index is 2.28. The number of fused-ring (bicyclic) bond motifs is 1. The molecule has 0 atom stereocenters. The van der Waals surface area contributed by atoms with E-state index in [1.54, 1.807) is 13.1 Å². The lowest BCUT2D eigenvalue weighted by Gasteiger charge is -2.06. The summed E-state index contributed by atoms with van der Waals surface area (Å²) < 4.78 is 0.